The monoisotopic (exact) mass is 417 g/mol. The van der Waals surface area contributed by atoms with Gasteiger partial charge in [-0.3, -0.25) is 15.2 Å². The number of aromatic amines is 1. The molecule has 0 amide bonds. The Balaban J connectivity index is 1.69. The molecule has 28 heavy (non-hydrogen) atoms. The van der Waals surface area contributed by atoms with E-state index in [-0.39, 0.29) is 5.69 Å². The maximum absolute atomic E-state index is 10.9. The van der Waals surface area contributed by atoms with Crippen LogP contribution in [-0.4, -0.2) is 26.1 Å². The van der Waals surface area contributed by atoms with Crippen LogP contribution in [0.5, 0.6) is 0 Å². The number of hydrazine groups is 2. The van der Waals surface area contributed by atoms with Crippen LogP contribution in [0.15, 0.2) is 60.0 Å². The molecule has 0 unspecified atom stereocenters. The van der Waals surface area contributed by atoms with Gasteiger partial charge in [0.15, 0.2) is 5.84 Å². The number of halogens is 2. The first-order valence-electron chi connectivity index (χ1n) is 8.12. The molecule has 0 saturated carbocycles. The van der Waals surface area contributed by atoms with Gasteiger partial charge in [-0.15, -0.1) is 10.2 Å². The molecule has 3 aromatic rings. The topological polar surface area (TPSA) is 103 Å². The van der Waals surface area contributed by atoms with Crippen LogP contribution in [0.1, 0.15) is 11.1 Å². The van der Waals surface area contributed by atoms with Crippen LogP contribution in [0.3, 0.4) is 0 Å². The largest absolute Gasteiger partial charge is 0.285 e. The number of nitro groups is 1. The molecule has 0 bridgehead atoms. The van der Waals surface area contributed by atoms with Gasteiger partial charge >= 0.3 is 0 Å². The van der Waals surface area contributed by atoms with Crippen molar-refractivity contribution < 1.29 is 4.92 Å². The van der Waals surface area contributed by atoms with E-state index in [0.29, 0.717) is 28.1 Å². The lowest BCUT2D eigenvalue weighted by Crippen LogP contribution is -2.45. The Morgan fingerprint density at radius 1 is 1.11 bits per heavy atom. The van der Waals surface area contributed by atoms with Crippen molar-refractivity contribution in [3.05, 3.63) is 86.1 Å². The highest BCUT2D eigenvalue weighted by Crippen LogP contribution is 2.36. The zero-order valence-corrected chi connectivity index (χ0v) is 15.7. The standard InChI is InChI=1S/C17H13Cl2N7O2/c18-14-2-1-3-15(19)16(14)25-17(12-8-20-21-9-12)22-23-24(25)10-11-4-6-13(7-5-11)26(27)28/h1-9,23H,10H2,(H,20,21). The van der Waals surface area contributed by atoms with Crippen molar-refractivity contribution in [1.29, 1.82) is 0 Å². The minimum Gasteiger partial charge on any atom is -0.285 e. The Labute approximate surface area is 169 Å². The van der Waals surface area contributed by atoms with E-state index >= 15 is 0 Å². The summed E-state index contributed by atoms with van der Waals surface area (Å²) >= 11 is 12.9. The van der Waals surface area contributed by atoms with Gasteiger partial charge in [-0.25, -0.2) is 10.5 Å². The molecule has 0 fully saturated rings. The number of aromatic nitrogens is 2. The number of H-pyrrole nitrogens is 1. The molecule has 2 heterocycles. The van der Waals surface area contributed by atoms with E-state index in [1.54, 1.807) is 52.9 Å². The van der Waals surface area contributed by atoms with Gasteiger partial charge in [0.1, 0.15) is 0 Å². The summed E-state index contributed by atoms with van der Waals surface area (Å²) in [6.07, 6.45) is 3.33. The molecule has 2 aromatic carbocycles. The summed E-state index contributed by atoms with van der Waals surface area (Å²) in [5.74, 6) is 0.547. The van der Waals surface area contributed by atoms with Gasteiger partial charge in [0, 0.05) is 18.3 Å². The van der Waals surface area contributed by atoms with Crippen LogP contribution < -0.4 is 10.5 Å². The first-order valence-corrected chi connectivity index (χ1v) is 8.87. The third-order valence-electron chi connectivity index (χ3n) is 4.10. The molecule has 0 aliphatic carbocycles. The molecule has 1 aliphatic heterocycles. The van der Waals surface area contributed by atoms with Crippen molar-refractivity contribution >= 4 is 40.4 Å². The second kappa shape index (κ2) is 7.47. The Morgan fingerprint density at radius 3 is 2.43 bits per heavy atom. The van der Waals surface area contributed by atoms with Gasteiger partial charge < -0.3 is 0 Å². The average Bonchev–Trinajstić information content (AvgIpc) is 3.32. The van der Waals surface area contributed by atoms with Crippen LogP contribution in [-0.2, 0) is 6.54 Å². The number of amidine groups is 1. The third-order valence-corrected chi connectivity index (χ3v) is 4.71. The number of non-ortho nitro benzene ring substituents is 1. The summed E-state index contributed by atoms with van der Waals surface area (Å²) in [5.41, 5.74) is 5.08. The second-order valence-electron chi connectivity index (χ2n) is 5.89. The fourth-order valence-electron chi connectivity index (χ4n) is 2.79. The summed E-state index contributed by atoms with van der Waals surface area (Å²) in [4.78, 5) is 10.4. The minimum absolute atomic E-state index is 0.0273. The maximum atomic E-state index is 10.9. The number of hydrogen-bond donors (Lipinski definition) is 2. The molecule has 4 rings (SSSR count). The van der Waals surface area contributed by atoms with Crippen LogP contribution in [0.25, 0.3) is 0 Å². The number of hydrogen-bond acceptors (Lipinski definition) is 7. The molecule has 0 spiro atoms. The van der Waals surface area contributed by atoms with Crippen LogP contribution in [0.2, 0.25) is 10.0 Å². The van der Waals surface area contributed by atoms with Gasteiger partial charge in [0.05, 0.1) is 39.0 Å². The molecular weight excluding hydrogens is 405 g/mol. The predicted octanol–water partition coefficient (Wildman–Crippen LogP) is 3.73. The van der Waals surface area contributed by atoms with Crippen molar-refractivity contribution in [2.45, 2.75) is 6.54 Å². The number of benzene rings is 2. The molecule has 142 valence electrons. The van der Waals surface area contributed by atoms with Crippen molar-refractivity contribution in [1.82, 2.24) is 20.9 Å². The fraction of sp³-hybridized carbons (Fsp3) is 0.0588. The van der Waals surface area contributed by atoms with Crippen LogP contribution in [0, 0.1) is 10.1 Å². The number of hydrazone groups is 1. The number of para-hydroxylation sites is 1. The Hall–Kier alpha value is -3.14. The molecule has 1 aliphatic rings. The quantitative estimate of drug-likeness (QED) is 0.484. The van der Waals surface area contributed by atoms with E-state index in [0.717, 1.165) is 11.1 Å². The van der Waals surface area contributed by atoms with Crippen molar-refractivity contribution in [3.63, 3.8) is 0 Å². The molecular formula is C17H13Cl2N7O2. The molecule has 0 radical (unpaired) electrons. The lowest BCUT2D eigenvalue weighted by atomic mass is 10.2. The van der Waals surface area contributed by atoms with E-state index in [4.69, 9.17) is 23.2 Å². The smallest absolute Gasteiger partial charge is 0.269 e. The number of nitrogens with one attached hydrogen (secondary N) is 2. The van der Waals surface area contributed by atoms with Crippen LogP contribution in [0.4, 0.5) is 11.4 Å². The number of rotatable bonds is 5. The van der Waals surface area contributed by atoms with E-state index in [2.05, 4.69) is 20.8 Å². The summed E-state index contributed by atoms with van der Waals surface area (Å²) < 4.78 is 0. The molecule has 11 heteroatoms. The molecule has 2 N–H and O–H groups in total. The molecule has 1 aromatic heterocycles. The molecule has 0 saturated heterocycles. The highest BCUT2D eigenvalue weighted by Gasteiger charge is 2.32. The summed E-state index contributed by atoms with van der Waals surface area (Å²) in [6, 6.07) is 11.5. The van der Waals surface area contributed by atoms with Crippen molar-refractivity contribution in [3.8, 4) is 0 Å². The van der Waals surface area contributed by atoms with E-state index in [9.17, 15) is 10.1 Å². The van der Waals surface area contributed by atoms with Crippen LogP contribution >= 0.6 is 23.2 Å². The van der Waals surface area contributed by atoms with Gasteiger partial charge in [-0.1, -0.05) is 41.4 Å². The Bertz CT molecular complexity index is 1020. The minimum atomic E-state index is -0.437. The van der Waals surface area contributed by atoms with Gasteiger partial charge in [0.25, 0.3) is 5.69 Å². The highest BCUT2D eigenvalue weighted by atomic mass is 35.5. The Morgan fingerprint density at radius 2 is 1.82 bits per heavy atom. The summed E-state index contributed by atoms with van der Waals surface area (Å²) in [5, 5.41) is 26.3. The van der Waals surface area contributed by atoms with Crippen molar-refractivity contribution in [2.24, 2.45) is 5.10 Å². The zero-order valence-electron chi connectivity index (χ0n) is 14.2. The first-order chi connectivity index (χ1) is 13.5. The van der Waals surface area contributed by atoms with Gasteiger partial charge in [-0.2, -0.15) is 5.10 Å². The highest BCUT2D eigenvalue weighted by molar-refractivity contribution is 6.40. The summed E-state index contributed by atoms with van der Waals surface area (Å²) in [7, 11) is 0. The fourth-order valence-corrected chi connectivity index (χ4v) is 3.35. The van der Waals surface area contributed by atoms with Crippen molar-refractivity contribution in [2.75, 3.05) is 5.01 Å². The average molecular weight is 418 g/mol. The molecule has 0 atom stereocenters. The zero-order chi connectivity index (χ0) is 19.7. The van der Waals surface area contributed by atoms with E-state index in [1.165, 1.54) is 12.1 Å². The number of anilines is 1. The van der Waals surface area contributed by atoms with E-state index < -0.39 is 4.92 Å². The SMILES string of the molecule is O=[N+]([O-])c1ccc(CN2NN=C(c3cn[nH]c3)N2c2c(Cl)cccc2Cl)cc1. The Kier molecular flexibility index (Phi) is 4.86. The normalized spacial score (nSPS) is 14.1. The van der Waals surface area contributed by atoms with Gasteiger partial charge in [-0.05, 0) is 17.7 Å². The number of nitrogens with zero attached hydrogens (tertiary/aromatic N) is 5. The van der Waals surface area contributed by atoms with Gasteiger partial charge in [0.2, 0.25) is 0 Å². The first kappa shape index (κ1) is 18.2. The lowest BCUT2D eigenvalue weighted by molar-refractivity contribution is -0.384. The van der Waals surface area contributed by atoms with E-state index in [1.807, 2.05) is 0 Å². The predicted molar refractivity (Wildman–Crippen MR) is 106 cm³/mol. The second-order valence-corrected chi connectivity index (χ2v) is 6.70. The number of nitro benzene ring substituents is 1. The molecule has 9 nitrogen and oxygen atoms in total. The third kappa shape index (κ3) is 3.38. The lowest BCUT2D eigenvalue weighted by Gasteiger charge is -2.30. The summed E-state index contributed by atoms with van der Waals surface area (Å²) in [6.45, 7) is 0.352. The maximum Gasteiger partial charge on any atom is 0.269 e.